The van der Waals surface area contributed by atoms with Crippen molar-refractivity contribution < 1.29 is 28.8 Å². The molecule has 0 radical (unpaired) electrons. The summed E-state index contributed by atoms with van der Waals surface area (Å²) in [5.41, 5.74) is 2.21. The van der Waals surface area contributed by atoms with Crippen molar-refractivity contribution in [3.05, 3.63) is 88.5 Å². The number of imide groups is 1. The fraction of sp³-hybridized carbons (Fsp3) is 0.207. The number of hydrogen-bond donors (Lipinski definition) is 1. The van der Waals surface area contributed by atoms with Crippen molar-refractivity contribution in [2.45, 2.75) is 12.1 Å². The molecule has 0 saturated carbocycles. The summed E-state index contributed by atoms with van der Waals surface area (Å²) in [7, 11) is 0. The first-order valence-electron chi connectivity index (χ1n) is 12.8. The number of non-ortho nitro benzene ring substituents is 1. The molecule has 3 aromatic carbocycles. The lowest BCUT2D eigenvalue weighted by Crippen LogP contribution is -2.50. The summed E-state index contributed by atoms with van der Waals surface area (Å²) >= 11 is 0. The number of nitrogens with zero attached hydrogens (tertiary/aromatic N) is 3. The van der Waals surface area contributed by atoms with E-state index in [1.54, 1.807) is 18.2 Å². The third-order valence-corrected chi connectivity index (χ3v) is 7.81. The second-order valence-corrected chi connectivity index (χ2v) is 9.95. The molecule has 7 rings (SSSR count). The maximum absolute atomic E-state index is 14.0. The Bertz CT molecular complexity index is 1620. The van der Waals surface area contributed by atoms with Gasteiger partial charge in [0.15, 0.2) is 11.5 Å². The molecule has 2 fully saturated rings. The zero-order chi connectivity index (χ0) is 27.5. The molecule has 4 heterocycles. The number of carbonyl (C=O) groups excluding carboxylic acids is 3. The number of nitro benzene ring substituents is 1. The van der Waals surface area contributed by atoms with Crippen LogP contribution in [-0.2, 0) is 14.4 Å². The normalized spacial score (nSPS) is 23.9. The van der Waals surface area contributed by atoms with E-state index >= 15 is 0 Å². The van der Waals surface area contributed by atoms with Crippen LogP contribution in [0, 0.1) is 22.0 Å². The maximum atomic E-state index is 14.0. The standard InChI is InChI=1S/C29H22N4O7/c34-27(30-17-6-8-18(9-7-17)33(37)38)26-25-24(21-11-5-16-3-1-2-4-20(16)32(21)26)28(35)31(29(25)36)19-10-12-22-23(15-19)40-14-13-39-22/h1-12,15,21,24-26H,13-14H2,(H,30,34)/t21-,24+,25+,26-/m0/s1. The van der Waals surface area contributed by atoms with Gasteiger partial charge in [0.1, 0.15) is 19.3 Å². The Kier molecular flexibility index (Phi) is 5.34. The van der Waals surface area contributed by atoms with Crippen molar-refractivity contribution in [1.82, 2.24) is 0 Å². The summed E-state index contributed by atoms with van der Waals surface area (Å²) in [6.07, 6.45) is 3.78. The maximum Gasteiger partial charge on any atom is 0.269 e. The Labute approximate surface area is 227 Å². The van der Waals surface area contributed by atoms with E-state index in [4.69, 9.17) is 9.47 Å². The van der Waals surface area contributed by atoms with E-state index in [2.05, 4.69) is 5.32 Å². The van der Waals surface area contributed by atoms with Crippen LogP contribution in [0.2, 0.25) is 0 Å². The predicted octanol–water partition coefficient (Wildman–Crippen LogP) is 3.39. The van der Waals surface area contributed by atoms with Crippen LogP contribution < -0.4 is 24.6 Å². The summed E-state index contributed by atoms with van der Waals surface area (Å²) < 4.78 is 11.2. The van der Waals surface area contributed by atoms with E-state index in [9.17, 15) is 24.5 Å². The molecule has 4 aliphatic rings. The van der Waals surface area contributed by atoms with Crippen LogP contribution in [0.15, 0.2) is 72.8 Å². The topological polar surface area (TPSA) is 131 Å². The quantitative estimate of drug-likeness (QED) is 0.304. The molecule has 1 N–H and O–H groups in total. The highest BCUT2D eigenvalue weighted by atomic mass is 16.6. The summed E-state index contributed by atoms with van der Waals surface area (Å²) in [6.45, 7) is 0.769. The van der Waals surface area contributed by atoms with Crippen LogP contribution in [-0.4, -0.2) is 47.9 Å². The summed E-state index contributed by atoms with van der Waals surface area (Å²) in [5.74, 6) is -2.12. The minimum atomic E-state index is -1.00. The minimum Gasteiger partial charge on any atom is -0.486 e. The number of benzene rings is 3. The molecule has 0 unspecified atom stereocenters. The van der Waals surface area contributed by atoms with E-state index in [1.807, 2.05) is 41.3 Å². The first kappa shape index (κ1) is 23.9. The van der Waals surface area contributed by atoms with Crippen LogP contribution in [0.5, 0.6) is 11.5 Å². The minimum absolute atomic E-state index is 0.110. The smallest absolute Gasteiger partial charge is 0.269 e. The zero-order valence-electron chi connectivity index (χ0n) is 20.9. The fourth-order valence-electron chi connectivity index (χ4n) is 6.12. The van der Waals surface area contributed by atoms with Gasteiger partial charge in [0, 0.05) is 29.6 Å². The van der Waals surface area contributed by atoms with E-state index in [0.717, 1.165) is 16.2 Å². The van der Waals surface area contributed by atoms with Crippen molar-refractivity contribution in [3.8, 4) is 11.5 Å². The molecule has 0 aliphatic carbocycles. The molecular weight excluding hydrogens is 516 g/mol. The molecule has 11 nitrogen and oxygen atoms in total. The first-order chi connectivity index (χ1) is 19.4. The lowest BCUT2D eigenvalue weighted by Gasteiger charge is -2.36. The number of nitrogens with one attached hydrogen (secondary N) is 1. The van der Waals surface area contributed by atoms with E-state index in [0.29, 0.717) is 36.1 Å². The fourth-order valence-corrected chi connectivity index (χ4v) is 6.12. The number of nitro groups is 1. The van der Waals surface area contributed by atoms with Gasteiger partial charge in [0.2, 0.25) is 17.7 Å². The highest BCUT2D eigenvalue weighted by molar-refractivity contribution is 6.25. The molecule has 3 amide bonds. The Balaban J connectivity index is 1.27. The van der Waals surface area contributed by atoms with Crippen molar-refractivity contribution >= 4 is 46.5 Å². The van der Waals surface area contributed by atoms with Gasteiger partial charge >= 0.3 is 0 Å². The number of ether oxygens (including phenoxy) is 2. The van der Waals surface area contributed by atoms with E-state index < -0.39 is 46.6 Å². The third-order valence-electron chi connectivity index (χ3n) is 7.81. The summed E-state index contributed by atoms with van der Waals surface area (Å²) in [6, 6.07) is 16.4. The van der Waals surface area contributed by atoms with Crippen LogP contribution in [0.25, 0.3) is 6.08 Å². The Hall–Kier alpha value is -5.19. The molecule has 40 heavy (non-hydrogen) atoms. The van der Waals surface area contributed by atoms with Crippen LogP contribution in [0.1, 0.15) is 5.56 Å². The van der Waals surface area contributed by atoms with Gasteiger partial charge in [-0.25, -0.2) is 4.90 Å². The Morgan fingerprint density at radius 2 is 1.65 bits per heavy atom. The molecule has 200 valence electrons. The van der Waals surface area contributed by atoms with Gasteiger partial charge in [-0.15, -0.1) is 0 Å². The molecule has 0 spiro atoms. The average Bonchev–Trinajstić information content (AvgIpc) is 3.45. The molecule has 0 bridgehead atoms. The van der Waals surface area contributed by atoms with Gasteiger partial charge in [-0.05, 0) is 35.9 Å². The predicted molar refractivity (Wildman–Crippen MR) is 144 cm³/mol. The lowest BCUT2D eigenvalue weighted by molar-refractivity contribution is -0.384. The molecule has 0 aromatic heterocycles. The Morgan fingerprint density at radius 3 is 2.42 bits per heavy atom. The van der Waals surface area contributed by atoms with Crippen LogP contribution >= 0.6 is 0 Å². The first-order valence-corrected chi connectivity index (χ1v) is 12.8. The van der Waals surface area contributed by atoms with Gasteiger partial charge in [-0.2, -0.15) is 0 Å². The van der Waals surface area contributed by atoms with Gasteiger partial charge in [-0.1, -0.05) is 30.4 Å². The second kappa shape index (κ2) is 8.94. The van der Waals surface area contributed by atoms with Crippen molar-refractivity contribution in [1.29, 1.82) is 0 Å². The molecule has 4 atom stereocenters. The number of carbonyl (C=O) groups is 3. The van der Waals surface area contributed by atoms with Crippen molar-refractivity contribution in [3.63, 3.8) is 0 Å². The van der Waals surface area contributed by atoms with Gasteiger partial charge in [0.25, 0.3) is 5.69 Å². The van der Waals surface area contributed by atoms with E-state index in [-0.39, 0.29) is 5.69 Å². The van der Waals surface area contributed by atoms with Gasteiger partial charge in [-0.3, -0.25) is 24.5 Å². The molecule has 2 saturated heterocycles. The monoisotopic (exact) mass is 538 g/mol. The van der Waals surface area contributed by atoms with Gasteiger partial charge < -0.3 is 19.7 Å². The second-order valence-electron chi connectivity index (χ2n) is 9.95. The third kappa shape index (κ3) is 3.54. The Morgan fingerprint density at radius 1 is 0.925 bits per heavy atom. The molecule has 4 aliphatic heterocycles. The SMILES string of the molecule is O=C(Nc1ccc([N+](=O)[O-])cc1)[C@@H]1[C@@H]2C(=O)N(c3ccc4c(c3)OCCO4)C(=O)[C@@H]2[C@@H]2C=Cc3ccccc3N12. The van der Waals surface area contributed by atoms with Crippen LogP contribution in [0.4, 0.5) is 22.7 Å². The number of para-hydroxylation sites is 1. The number of amides is 3. The molecule has 11 heteroatoms. The van der Waals surface area contributed by atoms with Gasteiger partial charge in [0.05, 0.1) is 28.5 Å². The van der Waals surface area contributed by atoms with E-state index in [1.165, 1.54) is 24.3 Å². The zero-order valence-corrected chi connectivity index (χ0v) is 20.9. The highest BCUT2D eigenvalue weighted by Crippen LogP contribution is 2.50. The number of anilines is 3. The number of hydrogen-bond acceptors (Lipinski definition) is 8. The highest BCUT2D eigenvalue weighted by Gasteiger charge is 2.64. The average molecular weight is 539 g/mol. The summed E-state index contributed by atoms with van der Waals surface area (Å²) in [5, 5.41) is 13.9. The largest absolute Gasteiger partial charge is 0.486 e. The lowest BCUT2D eigenvalue weighted by atomic mass is 9.88. The number of rotatable bonds is 4. The van der Waals surface area contributed by atoms with Crippen molar-refractivity contribution in [2.24, 2.45) is 11.8 Å². The van der Waals surface area contributed by atoms with Crippen LogP contribution in [0.3, 0.4) is 0 Å². The summed E-state index contributed by atoms with van der Waals surface area (Å²) in [4.78, 5) is 55.4. The van der Waals surface area contributed by atoms with Crippen molar-refractivity contribution in [2.75, 3.05) is 28.3 Å². The molecular formula is C29H22N4O7. The molecule has 3 aromatic rings. The number of fused-ring (bicyclic) bond motifs is 6.